The summed E-state index contributed by atoms with van der Waals surface area (Å²) >= 11 is 5.80. The van der Waals surface area contributed by atoms with Crippen molar-refractivity contribution in [2.24, 2.45) is 11.0 Å². The number of nitrogens with one attached hydrogen (secondary N) is 2. The first kappa shape index (κ1) is 9.66. The number of H-pyrrole nitrogens is 1. The van der Waals surface area contributed by atoms with E-state index in [2.05, 4.69) is 15.5 Å². The lowest BCUT2D eigenvalue weighted by molar-refractivity contribution is -0.116. The maximum absolute atomic E-state index is 11.6. The smallest absolute Gasteiger partial charge is 0.273 e. The normalized spacial score (nSPS) is 22.4. The zero-order valence-electron chi connectivity index (χ0n) is 8.46. The molecule has 5 heteroatoms. The van der Waals surface area contributed by atoms with Gasteiger partial charge in [0.1, 0.15) is 0 Å². The second-order valence-electron chi connectivity index (χ2n) is 4.04. The van der Waals surface area contributed by atoms with Crippen molar-refractivity contribution in [1.29, 1.82) is 0 Å². The summed E-state index contributed by atoms with van der Waals surface area (Å²) in [5.74, 6) is 0.322. The van der Waals surface area contributed by atoms with E-state index >= 15 is 0 Å². The molecule has 0 aromatic carbocycles. The molecule has 2 N–H and O–H groups in total. The maximum Gasteiger partial charge on any atom is 0.273 e. The van der Waals surface area contributed by atoms with Gasteiger partial charge in [0, 0.05) is 17.8 Å². The number of amides is 1. The fourth-order valence-corrected chi connectivity index (χ4v) is 1.95. The Balaban J connectivity index is 1.94. The topological polar surface area (TPSA) is 57.2 Å². The van der Waals surface area contributed by atoms with E-state index in [1.807, 2.05) is 0 Å². The molecule has 1 aliphatic carbocycles. The van der Waals surface area contributed by atoms with Crippen molar-refractivity contribution in [1.82, 2.24) is 10.4 Å². The molecule has 1 aliphatic heterocycles. The summed E-state index contributed by atoms with van der Waals surface area (Å²) in [5.41, 5.74) is 4.87. The van der Waals surface area contributed by atoms with Crippen molar-refractivity contribution < 1.29 is 4.79 Å². The number of hydrogen-bond donors (Lipinski definition) is 2. The van der Waals surface area contributed by atoms with Crippen LogP contribution in [0.3, 0.4) is 0 Å². The second-order valence-corrected chi connectivity index (χ2v) is 4.48. The Kier molecular flexibility index (Phi) is 2.11. The molecule has 0 bridgehead atoms. The van der Waals surface area contributed by atoms with Crippen molar-refractivity contribution in [2.75, 3.05) is 0 Å². The van der Waals surface area contributed by atoms with E-state index in [1.165, 1.54) is 0 Å². The van der Waals surface area contributed by atoms with E-state index in [9.17, 15) is 4.79 Å². The van der Waals surface area contributed by atoms with Crippen LogP contribution in [-0.2, 0) is 4.79 Å². The highest BCUT2D eigenvalue weighted by atomic mass is 35.5. The largest absolute Gasteiger partial charge is 0.360 e. The number of carbonyl (C=O) groups is 1. The molecule has 2 aliphatic rings. The van der Waals surface area contributed by atoms with Gasteiger partial charge in [-0.1, -0.05) is 11.6 Å². The first-order chi connectivity index (χ1) is 7.74. The summed E-state index contributed by atoms with van der Waals surface area (Å²) in [6.07, 6.45) is 5.73. The van der Waals surface area contributed by atoms with Crippen LogP contribution >= 0.6 is 11.6 Å². The van der Waals surface area contributed by atoms with Gasteiger partial charge in [-0.2, -0.15) is 5.10 Å². The number of aromatic nitrogens is 1. The van der Waals surface area contributed by atoms with E-state index in [0.29, 0.717) is 16.5 Å². The minimum Gasteiger partial charge on any atom is -0.360 e. The van der Waals surface area contributed by atoms with Crippen LogP contribution in [0.5, 0.6) is 0 Å². The predicted molar refractivity (Wildman–Crippen MR) is 62.1 cm³/mol. The Morgan fingerprint density at radius 2 is 2.31 bits per heavy atom. The van der Waals surface area contributed by atoms with E-state index in [1.54, 1.807) is 18.3 Å². The van der Waals surface area contributed by atoms with E-state index < -0.39 is 0 Å². The van der Waals surface area contributed by atoms with Gasteiger partial charge < -0.3 is 4.98 Å². The maximum atomic E-state index is 11.6. The Hall–Kier alpha value is -1.55. The minimum atomic E-state index is -0.132. The molecule has 1 fully saturated rings. The lowest BCUT2D eigenvalue weighted by Crippen LogP contribution is -2.13. The molecule has 0 radical (unpaired) electrons. The molecule has 1 aromatic heterocycles. The third-order valence-corrected chi connectivity index (χ3v) is 2.95. The molecular formula is C11H10ClN3O. The quantitative estimate of drug-likeness (QED) is 0.757. The predicted octanol–water partition coefficient (Wildman–Crippen LogP) is 1.95. The monoisotopic (exact) mass is 235 g/mol. The molecule has 1 aromatic rings. The molecule has 0 unspecified atom stereocenters. The van der Waals surface area contributed by atoms with Gasteiger partial charge in [-0.05, 0) is 25.0 Å². The van der Waals surface area contributed by atoms with Crippen LogP contribution in [0.4, 0.5) is 0 Å². The van der Waals surface area contributed by atoms with Crippen LogP contribution in [-0.4, -0.2) is 16.6 Å². The van der Waals surface area contributed by atoms with Gasteiger partial charge in [0.05, 0.1) is 16.3 Å². The Bertz CT molecular complexity index is 511. The third kappa shape index (κ3) is 1.65. The fourth-order valence-electron chi connectivity index (χ4n) is 1.78. The van der Waals surface area contributed by atoms with Gasteiger partial charge in [-0.3, -0.25) is 4.79 Å². The molecule has 0 atom stereocenters. The zero-order valence-corrected chi connectivity index (χ0v) is 9.21. The Morgan fingerprint density at radius 3 is 2.94 bits per heavy atom. The minimum absolute atomic E-state index is 0.132. The summed E-state index contributed by atoms with van der Waals surface area (Å²) in [7, 11) is 0. The van der Waals surface area contributed by atoms with E-state index in [0.717, 1.165) is 24.2 Å². The summed E-state index contributed by atoms with van der Waals surface area (Å²) in [5, 5.41) is 4.70. The van der Waals surface area contributed by atoms with Crippen molar-refractivity contribution in [2.45, 2.75) is 12.8 Å². The van der Waals surface area contributed by atoms with Crippen molar-refractivity contribution in [3.8, 4) is 0 Å². The van der Waals surface area contributed by atoms with Crippen LogP contribution in [0.15, 0.2) is 22.9 Å². The molecule has 0 saturated heterocycles. The standard InChI is InChI=1S/C11H10ClN3O/c12-7-3-8(13-5-7)4-9-10(6-1-2-6)14-15-11(9)16/h3-6,13H,1-2H2,(H,15,16). The number of hydrazone groups is 1. The molecule has 4 nitrogen and oxygen atoms in total. The second kappa shape index (κ2) is 3.49. The molecule has 1 saturated carbocycles. The Morgan fingerprint density at radius 1 is 1.50 bits per heavy atom. The molecule has 1 amide bonds. The number of halogens is 1. The number of rotatable bonds is 2. The molecule has 0 spiro atoms. The highest BCUT2D eigenvalue weighted by Crippen LogP contribution is 2.35. The molecule has 82 valence electrons. The number of hydrogen-bond acceptors (Lipinski definition) is 2. The van der Waals surface area contributed by atoms with Gasteiger partial charge in [0.15, 0.2) is 0 Å². The van der Waals surface area contributed by atoms with Crippen molar-refractivity contribution in [3.05, 3.63) is 28.6 Å². The zero-order chi connectivity index (χ0) is 11.1. The number of nitrogens with zero attached hydrogens (tertiary/aromatic N) is 1. The fraction of sp³-hybridized carbons (Fsp3) is 0.273. The molecule has 3 rings (SSSR count). The van der Waals surface area contributed by atoms with Gasteiger partial charge >= 0.3 is 0 Å². The summed E-state index contributed by atoms with van der Waals surface area (Å²) in [6, 6.07) is 1.78. The van der Waals surface area contributed by atoms with Crippen LogP contribution in [0.2, 0.25) is 5.02 Å². The average Bonchev–Trinajstić information content (AvgIpc) is 2.93. The molecule has 16 heavy (non-hydrogen) atoms. The van der Waals surface area contributed by atoms with Gasteiger partial charge in [-0.25, -0.2) is 5.43 Å². The van der Waals surface area contributed by atoms with E-state index in [4.69, 9.17) is 11.6 Å². The highest BCUT2D eigenvalue weighted by molar-refractivity contribution is 6.31. The SMILES string of the molecule is O=C1NN=C(C2CC2)C1=Cc1cc(Cl)c[nH]1. The highest BCUT2D eigenvalue weighted by Gasteiger charge is 2.35. The van der Waals surface area contributed by atoms with Crippen LogP contribution in [0.1, 0.15) is 18.5 Å². The summed E-state index contributed by atoms with van der Waals surface area (Å²) in [6.45, 7) is 0. The van der Waals surface area contributed by atoms with Crippen LogP contribution in [0, 0.1) is 5.92 Å². The number of carbonyl (C=O) groups excluding carboxylic acids is 1. The van der Waals surface area contributed by atoms with Crippen molar-refractivity contribution >= 4 is 29.3 Å². The first-order valence-corrected chi connectivity index (χ1v) is 5.56. The van der Waals surface area contributed by atoms with Gasteiger partial charge in [0.2, 0.25) is 0 Å². The Labute approximate surface area is 97.4 Å². The lowest BCUT2D eigenvalue weighted by atomic mass is 10.1. The molecule has 2 heterocycles. The average molecular weight is 236 g/mol. The lowest BCUT2D eigenvalue weighted by Gasteiger charge is -1.96. The van der Waals surface area contributed by atoms with Gasteiger partial charge in [0.25, 0.3) is 5.91 Å². The van der Waals surface area contributed by atoms with E-state index in [-0.39, 0.29) is 5.91 Å². The summed E-state index contributed by atoms with van der Waals surface area (Å²) < 4.78 is 0. The van der Waals surface area contributed by atoms with Crippen molar-refractivity contribution in [3.63, 3.8) is 0 Å². The summed E-state index contributed by atoms with van der Waals surface area (Å²) in [4.78, 5) is 14.6. The first-order valence-electron chi connectivity index (χ1n) is 5.18. The van der Waals surface area contributed by atoms with Crippen LogP contribution in [0.25, 0.3) is 6.08 Å². The van der Waals surface area contributed by atoms with Gasteiger partial charge in [-0.15, -0.1) is 0 Å². The third-order valence-electron chi connectivity index (χ3n) is 2.73. The number of aromatic amines is 1. The van der Waals surface area contributed by atoms with Crippen LogP contribution < -0.4 is 5.43 Å². The molecular weight excluding hydrogens is 226 g/mol.